The zero-order valence-corrected chi connectivity index (χ0v) is 9.33. The Labute approximate surface area is 86.9 Å². The number of likely N-dealkylation sites (tertiary alicyclic amines) is 1. The van der Waals surface area contributed by atoms with Crippen molar-refractivity contribution in [2.75, 3.05) is 19.0 Å². The summed E-state index contributed by atoms with van der Waals surface area (Å²) in [5, 5.41) is 0. The lowest BCUT2D eigenvalue weighted by atomic mass is 10.2. The standard InChI is InChI=1S/C9H18ClN.ClH/c1-9(8-10)11-6-4-2-3-5-7-11;/h9H,2-8H2,1H3;1H. The molecule has 0 radical (unpaired) electrons. The highest BCUT2D eigenvalue weighted by molar-refractivity contribution is 6.18. The van der Waals surface area contributed by atoms with Crippen molar-refractivity contribution in [1.82, 2.24) is 4.90 Å². The van der Waals surface area contributed by atoms with Gasteiger partial charge in [-0.1, -0.05) is 12.8 Å². The van der Waals surface area contributed by atoms with Crippen LogP contribution in [0.5, 0.6) is 0 Å². The van der Waals surface area contributed by atoms with Crippen molar-refractivity contribution in [3.8, 4) is 0 Å². The van der Waals surface area contributed by atoms with Crippen LogP contribution >= 0.6 is 24.0 Å². The molecule has 0 aromatic rings. The van der Waals surface area contributed by atoms with E-state index in [0.717, 1.165) is 5.88 Å². The predicted molar refractivity (Wildman–Crippen MR) is 57.5 cm³/mol. The van der Waals surface area contributed by atoms with Gasteiger partial charge in [-0.25, -0.2) is 0 Å². The molecule has 0 N–H and O–H groups in total. The van der Waals surface area contributed by atoms with Crippen molar-refractivity contribution in [2.24, 2.45) is 0 Å². The highest BCUT2D eigenvalue weighted by Crippen LogP contribution is 2.12. The Morgan fingerprint density at radius 1 is 1.17 bits per heavy atom. The molecule has 0 aromatic carbocycles. The largest absolute Gasteiger partial charge is 0.299 e. The minimum atomic E-state index is 0. The molecular weight excluding hydrogens is 193 g/mol. The first-order valence-electron chi connectivity index (χ1n) is 4.64. The van der Waals surface area contributed by atoms with E-state index in [-0.39, 0.29) is 12.4 Å². The Kier molecular flexibility index (Phi) is 7.31. The number of nitrogens with zero attached hydrogens (tertiary/aromatic N) is 1. The Balaban J connectivity index is 0.00000121. The monoisotopic (exact) mass is 211 g/mol. The van der Waals surface area contributed by atoms with Crippen molar-refractivity contribution in [3.63, 3.8) is 0 Å². The summed E-state index contributed by atoms with van der Waals surface area (Å²) in [6, 6.07) is 0.578. The lowest BCUT2D eigenvalue weighted by Crippen LogP contribution is -2.34. The van der Waals surface area contributed by atoms with Crippen molar-refractivity contribution in [1.29, 1.82) is 0 Å². The van der Waals surface area contributed by atoms with E-state index in [4.69, 9.17) is 11.6 Å². The van der Waals surface area contributed by atoms with Gasteiger partial charge in [0.2, 0.25) is 0 Å². The third kappa shape index (κ3) is 3.97. The minimum Gasteiger partial charge on any atom is -0.299 e. The highest BCUT2D eigenvalue weighted by Gasteiger charge is 2.13. The van der Waals surface area contributed by atoms with E-state index in [0.29, 0.717) is 6.04 Å². The Bertz CT molecular complexity index is 101. The third-order valence-electron chi connectivity index (χ3n) is 2.49. The minimum absolute atomic E-state index is 0. The molecule has 0 amide bonds. The molecule has 1 nitrogen and oxygen atoms in total. The molecule has 0 aliphatic carbocycles. The molecule has 1 rings (SSSR count). The summed E-state index contributed by atoms with van der Waals surface area (Å²) in [5.41, 5.74) is 0. The van der Waals surface area contributed by atoms with Crippen LogP contribution in [0.4, 0.5) is 0 Å². The number of alkyl halides is 1. The highest BCUT2D eigenvalue weighted by atomic mass is 35.5. The van der Waals surface area contributed by atoms with Crippen LogP contribution in [0.2, 0.25) is 0 Å². The molecule has 1 heterocycles. The molecule has 0 saturated carbocycles. The molecule has 1 atom stereocenters. The fourth-order valence-corrected chi connectivity index (χ4v) is 1.83. The summed E-state index contributed by atoms with van der Waals surface area (Å²) in [5.74, 6) is 0.778. The van der Waals surface area contributed by atoms with Gasteiger partial charge in [0.15, 0.2) is 0 Å². The summed E-state index contributed by atoms with van der Waals surface area (Å²) >= 11 is 5.80. The lowest BCUT2D eigenvalue weighted by Gasteiger charge is -2.25. The fraction of sp³-hybridized carbons (Fsp3) is 1.00. The number of hydrogen-bond acceptors (Lipinski definition) is 1. The second-order valence-corrected chi connectivity index (χ2v) is 3.76. The van der Waals surface area contributed by atoms with Gasteiger partial charge in [-0.2, -0.15) is 0 Å². The Morgan fingerprint density at radius 2 is 1.67 bits per heavy atom. The molecule has 3 heteroatoms. The molecule has 12 heavy (non-hydrogen) atoms. The van der Waals surface area contributed by atoms with Gasteiger partial charge in [-0.05, 0) is 32.9 Å². The van der Waals surface area contributed by atoms with E-state index >= 15 is 0 Å². The SMILES string of the molecule is CC(CCl)N1CCCCCC1.Cl. The normalized spacial score (nSPS) is 22.5. The smallest absolute Gasteiger partial charge is 0.0376 e. The van der Waals surface area contributed by atoms with E-state index in [1.807, 2.05) is 0 Å². The quantitative estimate of drug-likeness (QED) is 0.636. The maximum absolute atomic E-state index is 5.80. The van der Waals surface area contributed by atoms with Crippen LogP contribution in [-0.4, -0.2) is 29.9 Å². The molecule has 1 unspecified atom stereocenters. The van der Waals surface area contributed by atoms with Gasteiger partial charge in [-0.3, -0.25) is 4.90 Å². The van der Waals surface area contributed by atoms with Gasteiger partial charge in [0.05, 0.1) is 0 Å². The van der Waals surface area contributed by atoms with Crippen LogP contribution < -0.4 is 0 Å². The second kappa shape index (κ2) is 6.99. The van der Waals surface area contributed by atoms with Crippen molar-refractivity contribution in [3.05, 3.63) is 0 Å². The topological polar surface area (TPSA) is 3.24 Å². The summed E-state index contributed by atoms with van der Waals surface area (Å²) in [4.78, 5) is 2.51. The fourth-order valence-electron chi connectivity index (χ4n) is 1.63. The molecule has 1 aliphatic rings. The first-order chi connectivity index (χ1) is 5.34. The zero-order chi connectivity index (χ0) is 8.10. The first kappa shape index (κ1) is 12.5. The van der Waals surface area contributed by atoms with E-state index in [1.54, 1.807) is 0 Å². The molecule has 1 saturated heterocycles. The van der Waals surface area contributed by atoms with Gasteiger partial charge >= 0.3 is 0 Å². The van der Waals surface area contributed by atoms with E-state index in [9.17, 15) is 0 Å². The second-order valence-electron chi connectivity index (χ2n) is 3.45. The molecule has 0 spiro atoms. The van der Waals surface area contributed by atoms with Crippen LogP contribution in [0.25, 0.3) is 0 Å². The van der Waals surface area contributed by atoms with Gasteiger partial charge in [-0.15, -0.1) is 24.0 Å². The van der Waals surface area contributed by atoms with Gasteiger partial charge in [0.1, 0.15) is 0 Å². The number of rotatable bonds is 2. The van der Waals surface area contributed by atoms with Gasteiger partial charge in [0, 0.05) is 11.9 Å². The summed E-state index contributed by atoms with van der Waals surface area (Å²) < 4.78 is 0. The molecule has 1 aliphatic heterocycles. The maximum atomic E-state index is 5.80. The molecular formula is C9H19Cl2N. The van der Waals surface area contributed by atoms with Crippen LogP contribution in [0.3, 0.4) is 0 Å². The average Bonchev–Trinajstić information content (AvgIpc) is 2.30. The summed E-state index contributed by atoms with van der Waals surface area (Å²) in [6.07, 6.45) is 5.54. The van der Waals surface area contributed by atoms with Gasteiger partial charge in [0.25, 0.3) is 0 Å². The maximum Gasteiger partial charge on any atom is 0.0376 e. The van der Waals surface area contributed by atoms with Gasteiger partial charge < -0.3 is 0 Å². The van der Waals surface area contributed by atoms with Crippen molar-refractivity contribution >= 4 is 24.0 Å². The van der Waals surface area contributed by atoms with Crippen molar-refractivity contribution < 1.29 is 0 Å². The Morgan fingerprint density at radius 3 is 2.08 bits per heavy atom. The predicted octanol–water partition coefficient (Wildman–Crippen LogP) is 2.91. The first-order valence-corrected chi connectivity index (χ1v) is 5.18. The molecule has 0 bridgehead atoms. The van der Waals surface area contributed by atoms with E-state index in [1.165, 1.54) is 38.8 Å². The van der Waals surface area contributed by atoms with Crippen LogP contribution in [0.15, 0.2) is 0 Å². The zero-order valence-electron chi connectivity index (χ0n) is 7.76. The third-order valence-corrected chi connectivity index (χ3v) is 2.93. The molecule has 1 fully saturated rings. The summed E-state index contributed by atoms with van der Waals surface area (Å²) in [6.45, 7) is 4.74. The Hall–Kier alpha value is 0.540. The molecule has 0 aromatic heterocycles. The molecule has 74 valence electrons. The lowest BCUT2D eigenvalue weighted by molar-refractivity contribution is 0.233. The van der Waals surface area contributed by atoms with Crippen LogP contribution in [0.1, 0.15) is 32.6 Å². The summed E-state index contributed by atoms with van der Waals surface area (Å²) in [7, 11) is 0. The van der Waals surface area contributed by atoms with Crippen LogP contribution in [-0.2, 0) is 0 Å². The van der Waals surface area contributed by atoms with Crippen LogP contribution in [0, 0.1) is 0 Å². The number of halogens is 2. The van der Waals surface area contributed by atoms with Crippen molar-refractivity contribution in [2.45, 2.75) is 38.6 Å². The van der Waals surface area contributed by atoms with E-state index in [2.05, 4.69) is 11.8 Å². The average molecular weight is 212 g/mol. The van der Waals surface area contributed by atoms with E-state index < -0.39 is 0 Å². The number of hydrogen-bond donors (Lipinski definition) is 0.